The highest BCUT2D eigenvalue weighted by Gasteiger charge is 2.30. The number of rotatable bonds is 5. The number of nitrogens with zero attached hydrogens (tertiary/aromatic N) is 4. The average Bonchev–Trinajstić information content (AvgIpc) is 3.02. The lowest BCUT2D eigenvalue weighted by Gasteiger charge is -2.37. The van der Waals surface area contributed by atoms with Gasteiger partial charge in [-0.25, -0.2) is 4.98 Å². The Morgan fingerprint density at radius 2 is 1.88 bits per heavy atom. The van der Waals surface area contributed by atoms with Crippen LogP contribution in [0.4, 0.5) is 0 Å². The van der Waals surface area contributed by atoms with Gasteiger partial charge in [-0.2, -0.15) is 0 Å². The van der Waals surface area contributed by atoms with E-state index in [1.807, 2.05) is 43.0 Å². The molecule has 0 aliphatic carbocycles. The molecule has 1 aliphatic rings. The number of hydrogen-bond donors (Lipinski definition) is 0. The van der Waals surface area contributed by atoms with Gasteiger partial charge in [0, 0.05) is 38.1 Å². The molecule has 1 unspecified atom stereocenters. The Kier molecular flexibility index (Phi) is 6.06. The monoisotopic (exact) mass is 372 g/mol. The van der Waals surface area contributed by atoms with Gasteiger partial charge in [0.1, 0.15) is 6.04 Å². The fourth-order valence-corrected chi connectivity index (χ4v) is 4.14. The van der Waals surface area contributed by atoms with Crippen LogP contribution in [-0.2, 0) is 11.3 Å². The zero-order valence-corrected chi connectivity index (χ0v) is 16.9. The normalized spacial score (nSPS) is 16.9. The summed E-state index contributed by atoms with van der Waals surface area (Å²) in [5.74, 6) is 0.202. The Balaban J connectivity index is 1.64. The molecule has 1 atom stereocenters. The summed E-state index contributed by atoms with van der Waals surface area (Å²) in [7, 11) is 3.96. The molecular formula is C20H28N4OS. The van der Waals surface area contributed by atoms with Crippen LogP contribution in [0.3, 0.4) is 0 Å². The third kappa shape index (κ3) is 4.31. The molecule has 1 amide bonds. The molecule has 0 bridgehead atoms. The van der Waals surface area contributed by atoms with Gasteiger partial charge in [-0.3, -0.25) is 14.6 Å². The Hall–Kier alpha value is -1.76. The standard InChI is InChI=1S/C20H28N4OS/c1-15-7-5-6-8-18(15)19(22(3)4)20(25)24-11-9-23(10-12-24)13-17-14-26-16(2)21-17/h5-8,14,19H,9-13H2,1-4H3. The summed E-state index contributed by atoms with van der Waals surface area (Å²) >= 11 is 1.70. The second-order valence-electron chi connectivity index (χ2n) is 7.18. The summed E-state index contributed by atoms with van der Waals surface area (Å²) in [6, 6.07) is 7.96. The maximum Gasteiger partial charge on any atom is 0.244 e. The van der Waals surface area contributed by atoms with Crippen molar-refractivity contribution in [3.8, 4) is 0 Å². The van der Waals surface area contributed by atoms with E-state index in [4.69, 9.17) is 0 Å². The predicted molar refractivity (Wildman–Crippen MR) is 106 cm³/mol. The van der Waals surface area contributed by atoms with Crippen molar-refractivity contribution in [2.45, 2.75) is 26.4 Å². The summed E-state index contributed by atoms with van der Waals surface area (Å²) in [6.45, 7) is 8.34. The molecule has 2 heterocycles. The molecule has 0 N–H and O–H groups in total. The highest BCUT2D eigenvalue weighted by atomic mass is 32.1. The Labute approximate surface area is 160 Å². The number of carbonyl (C=O) groups is 1. The molecule has 3 rings (SSSR count). The van der Waals surface area contributed by atoms with Crippen LogP contribution in [0.1, 0.15) is 27.9 Å². The van der Waals surface area contributed by atoms with Crippen molar-refractivity contribution in [3.63, 3.8) is 0 Å². The van der Waals surface area contributed by atoms with E-state index in [1.54, 1.807) is 11.3 Å². The van der Waals surface area contributed by atoms with E-state index in [1.165, 1.54) is 0 Å². The van der Waals surface area contributed by atoms with Crippen LogP contribution in [0.5, 0.6) is 0 Å². The second kappa shape index (κ2) is 8.29. The molecule has 1 aromatic carbocycles. The van der Waals surface area contributed by atoms with Crippen LogP contribution in [0.25, 0.3) is 0 Å². The quantitative estimate of drug-likeness (QED) is 0.809. The van der Waals surface area contributed by atoms with Gasteiger partial charge >= 0.3 is 0 Å². The molecule has 0 spiro atoms. The maximum absolute atomic E-state index is 13.2. The minimum Gasteiger partial charge on any atom is -0.338 e. The van der Waals surface area contributed by atoms with Crippen LogP contribution in [0, 0.1) is 13.8 Å². The number of aromatic nitrogens is 1. The van der Waals surface area contributed by atoms with Crippen molar-refractivity contribution >= 4 is 17.2 Å². The van der Waals surface area contributed by atoms with Crippen molar-refractivity contribution in [2.75, 3.05) is 40.3 Å². The number of benzene rings is 1. The minimum absolute atomic E-state index is 0.202. The predicted octanol–water partition coefficient (Wildman–Crippen LogP) is 2.71. The van der Waals surface area contributed by atoms with E-state index >= 15 is 0 Å². The van der Waals surface area contributed by atoms with E-state index in [-0.39, 0.29) is 11.9 Å². The number of carbonyl (C=O) groups excluding carboxylic acids is 1. The average molecular weight is 373 g/mol. The molecule has 2 aromatic rings. The fraction of sp³-hybridized carbons (Fsp3) is 0.500. The topological polar surface area (TPSA) is 39.7 Å². The lowest BCUT2D eigenvalue weighted by atomic mass is 9.99. The number of amides is 1. The summed E-state index contributed by atoms with van der Waals surface area (Å²) < 4.78 is 0. The highest BCUT2D eigenvalue weighted by Crippen LogP contribution is 2.25. The van der Waals surface area contributed by atoms with E-state index in [9.17, 15) is 4.79 Å². The molecule has 1 fully saturated rings. The third-order valence-corrected chi connectivity index (χ3v) is 5.79. The van der Waals surface area contributed by atoms with Crippen molar-refractivity contribution in [1.82, 2.24) is 19.7 Å². The smallest absolute Gasteiger partial charge is 0.244 e. The minimum atomic E-state index is -0.219. The lowest BCUT2D eigenvalue weighted by Crippen LogP contribution is -2.51. The van der Waals surface area contributed by atoms with Crippen molar-refractivity contribution in [2.24, 2.45) is 0 Å². The lowest BCUT2D eigenvalue weighted by molar-refractivity contribution is -0.138. The van der Waals surface area contributed by atoms with Gasteiger partial charge in [0.05, 0.1) is 10.7 Å². The first-order chi connectivity index (χ1) is 12.5. The van der Waals surface area contributed by atoms with Crippen molar-refractivity contribution in [1.29, 1.82) is 0 Å². The van der Waals surface area contributed by atoms with Gasteiger partial charge in [-0.15, -0.1) is 11.3 Å². The molecule has 1 aliphatic heterocycles. The molecule has 140 valence electrons. The van der Waals surface area contributed by atoms with E-state index in [2.05, 4.69) is 34.3 Å². The van der Waals surface area contributed by atoms with Gasteiger partial charge in [0.25, 0.3) is 0 Å². The fourth-order valence-electron chi connectivity index (χ4n) is 3.53. The van der Waals surface area contributed by atoms with E-state index < -0.39 is 0 Å². The van der Waals surface area contributed by atoms with Gasteiger partial charge < -0.3 is 4.90 Å². The molecular weight excluding hydrogens is 344 g/mol. The van der Waals surface area contributed by atoms with Crippen molar-refractivity contribution < 1.29 is 4.79 Å². The van der Waals surface area contributed by atoms with Crippen LogP contribution in [-0.4, -0.2) is 65.9 Å². The van der Waals surface area contributed by atoms with Gasteiger partial charge in [-0.1, -0.05) is 24.3 Å². The van der Waals surface area contributed by atoms with E-state index in [0.717, 1.165) is 54.6 Å². The summed E-state index contributed by atoms with van der Waals surface area (Å²) in [5, 5.41) is 3.24. The zero-order valence-electron chi connectivity index (χ0n) is 16.1. The SMILES string of the molecule is Cc1nc(CN2CCN(C(=O)C(c3ccccc3C)N(C)C)CC2)cs1. The van der Waals surface area contributed by atoms with Crippen LogP contribution in [0.15, 0.2) is 29.6 Å². The molecule has 0 radical (unpaired) electrons. The first-order valence-corrected chi connectivity index (χ1v) is 9.98. The van der Waals surface area contributed by atoms with Crippen LogP contribution >= 0.6 is 11.3 Å². The van der Waals surface area contributed by atoms with Gasteiger partial charge in [-0.05, 0) is 39.1 Å². The summed E-state index contributed by atoms with van der Waals surface area (Å²) in [4.78, 5) is 24.2. The number of hydrogen-bond acceptors (Lipinski definition) is 5. The number of thiazole rings is 1. The summed E-state index contributed by atoms with van der Waals surface area (Å²) in [5.41, 5.74) is 3.40. The second-order valence-corrected chi connectivity index (χ2v) is 8.24. The third-order valence-electron chi connectivity index (χ3n) is 4.97. The molecule has 5 nitrogen and oxygen atoms in total. The Morgan fingerprint density at radius 3 is 2.46 bits per heavy atom. The van der Waals surface area contributed by atoms with Crippen LogP contribution < -0.4 is 0 Å². The Morgan fingerprint density at radius 1 is 1.19 bits per heavy atom. The summed E-state index contributed by atoms with van der Waals surface area (Å²) in [6.07, 6.45) is 0. The maximum atomic E-state index is 13.2. The van der Waals surface area contributed by atoms with Crippen molar-refractivity contribution in [3.05, 3.63) is 51.5 Å². The number of likely N-dealkylation sites (N-methyl/N-ethyl adjacent to an activating group) is 1. The zero-order chi connectivity index (χ0) is 18.7. The largest absolute Gasteiger partial charge is 0.338 e. The van der Waals surface area contributed by atoms with Gasteiger partial charge in [0.2, 0.25) is 5.91 Å². The van der Waals surface area contributed by atoms with Crippen LogP contribution in [0.2, 0.25) is 0 Å². The number of aryl methyl sites for hydroxylation is 2. The molecule has 26 heavy (non-hydrogen) atoms. The Bertz CT molecular complexity index is 750. The first kappa shape index (κ1) is 19.0. The van der Waals surface area contributed by atoms with E-state index in [0.29, 0.717) is 0 Å². The van der Waals surface area contributed by atoms with Gasteiger partial charge in [0.15, 0.2) is 0 Å². The molecule has 1 aromatic heterocycles. The molecule has 0 saturated carbocycles. The number of piperazine rings is 1. The first-order valence-electron chi connectivity index (χ1n) is 9.10. The molecule has 6 heteroatoms. The molecule has 1 saturated heterocycles. The highest BCUT2D eigenvalue weighted by molar-refractivity contribution is 7.09.